The van der Waals surface area contributed by atoms with Gasteiger partial charge in [0, 0.05) is 36.6 Å². The van der Waals surface area contributed by atoms with Crippen molar-refractivity contribution in [2.24, 2.45) is 5.41 Å². The molecule has 0 spiro atoms. The molecule has 1 atom stereocenters. The van der Waals surface area contributed by atoms with E-state index in [1.54, 1.807) is 0 Å². The van der Waals surface area contributed by atoms with E-state index in [0.717, 1.165) is 25.2 Å². The zero-order valence-electron chi connectivity index (χ0n) is 11.3. The Labute approximate surface area is 114 Å². The van der Waals surface area contributed by atoms with Gasteiger partial charge in [-0.05, 0) is 5.56 Å². The van der Waals surface area contributed by atoms with E-state index in [2.05, 4.69) is 18.7 Å². The predicted octanol–water partition coefficient (Wildman–Crippen LogP) is 2.80. The molecule has 2 nitrogen and oxygen atoms in total. The molecular weight excluding hydrogens is 242 g/mol. The number of aliphatic hydroxyl groups is 1. The Hall–Kier alpha value is -0.510. The first-order valence-electron chi connectivity index (χ1n) is 6.63. The lowest BCUT2D eigenvalue weighted by atomic mass is 9.82. The molecule has 1 saturated heterocycles. The minimum Gasteiger partial charge on any atom is -0.388 e. The number of hydrogen-bond acceptors (Lipinski definition) is 3. The highest BCUT2D eigenvalue weighted by molar-refractivity contribution is 7.99. The molecule has 1 heterocycles. The summed E-state index contributed by atoms with van der Waals surface area (Å²) in [6, 6.07) is 10.0. The summed E-state index contributed by atoms with van der Waals surface area (Å²) >= 11 is 2.03. The molecule has 1 fully saturated rings. The van der Waals surface area contributed by atoms with E-state index in [9.17, 15) is 5.11 Å². The molecule has 0 aliphatic carbocycles. The van der Waals surface area contributed by atoms with Gasteiger partial charge in [0.25, 0.3) is 0 Å². The highest BCUT2D eigenvalue weighted by Crippen LogP contribution is 2.34. The fourth-order valence-electron chi connectivity index (χ4n) is 2.51. The Morgan fingerprint density at radius 1 is 1.22 bits per heavy atom. The molecule has 1 unspecified atom stereocenters. The van der Waals surface area contributed by atoms with Crippen molar-refractivity contribution in [3.63, 3.8) is 0 Å². The fraction of sp³-hybridized carbons (Fsp3) is 0.600. The van der Waals surface area contributed by atoms with Crippen LogP contribution in [-0.4, -0.2) is 41.1 Å². The molecule has 0 saturated carbocycles. The third-order valence-electron chi connectivity index (χ3n) is 3.59. The monoisotopic (exact) mass is 265 g/mol. The lowest BCUT2D eigenvalue weighted by Gasteiger charge is -2.37. The number of aliphatic hydroxyl groups excluding tert-OH is 1. The molecule has 1 aromatic carbocycles. The molecule has 1 N–H and O–H groups in total. The van der Waals surface area contributed by atoms with E-state index in [4.69, 9.17) is 0 Å². The Kier molecular flexibility index (Phi) is 4.71. The third-order valence-corrected chi connectivity index (χ3v) is 4.53. The van der Waals surface area contributed by atoms with Crippen LogP contribution < -0.4 is 0 Å². The maximum Gasteiger partial charge on any atom is 0.0853 e. The Morgan fingerprint density at radius 2 is 1.83 bits per heavy atom. The maximum absolute atomic E-state index is 10.5. The standard InChI is InChI=1S/C15H23NOS/c1-15(2,12-16-8-10-18-11-9-16)14(17)13-6-4-3-5-7-13/h3-7,14,17H,8-12H2,1-2H3. The maximum atomic E-state index is 10.5. The summed E-state index contributed by atoms with van der Waals surface area (Å²) in [7, 11) is 0. The first kappa shape index (κ1) is 13.9. The molecule has 3 heteroatoms. The predicted molar refractivity (Wildman–Crippen MR) is 78.9 cm³/mol. The number of thioether (sulfide) groups is 1. The molecule has 1 aliphatic rings. The van der Waals surface area contributed by atoms with Crippen LogP contribution in [-0.2, 0) is 0 Å². The van der Waals surface area contributed by atoms with Gasteiger partial charge in [-0.2, -0.15) is 11.8 Å². The quantitative estimate of drug-likeness (QED) is 0.905. The molecule has 0 amide bonds. The summed E-state index contributed by atoms with van der Waals surface area (Å²) in [5.41, 5.74) is 0.914. The summed E-state index contributed by atoms with van der Waals surface area (Å²) < 4.78 is 0. The van der Waals surface area contributed by atoms with E-state index in [1.165, 1.54) is 11.5 Å². The highest BCUT2D eigenvalue weighted by atomic mass is 32.2. The van der Waals surface area contributed by atoms with Crippen LogP contribution in [0.15, 0.2) is 30.3 Å². The average molecular weight is 265 g/mol. The van der Waals surface area contributed by atoms with Gasteiger partial charge >= 0.3 is 0 Å². The van der Waals surface area contributed by atoms with E-state index < -0.39 is 6.10 Å². The largest absolute Gasteiger partial charge is 0.388 e. The second kappa shape index (κ2) is 6.09. The Bertz CT molecular complexity index is 360. The van der Waals surface area contributed by atoms with Gasteiger partial charge in [0.05, 0.1) is 6.10 Å². The van der Waals surface area contributed by atoms with Crippen LogP contribution in [0.2, 0.25) is 0 Å². The normalized spacial score (nSPS) is 19.7. The molecule has 0 bridgehead atoms. The van der Waals surface area contributed by atoms with E-state index >= 15 is 0 Å². The molecule has 2 rings (SSSR count). The van der Waals surface area contributed by atoms with Crippen LogP contribution in [0, 0.1) is 5.41 Å². The molecular formula is C15H23NOS. The van der Waals surface area contributed by atoms with Crippen LogP contribution in [0.5, 0.6) is 0 Å². The van der Waals surface area contributed by atoms with Crippen LogP contribution in [0.4, 0.5) is 0 Å². The molecule has 0 aromatic heterocycles. The zero-order valence-corrected chi connectivity index (χ0v) is 12.1. The second-order valence-corrected chi connectivity index (χ2v) is 6.92. The topological polar surface area (TPSA) is 23.5 Å². The van der Waals surface area contributed by atoms with Gasteiger partial charge in [-0.15, -0.1) is 0 Å². The first-order valence-corrected chi connectivity index (χ1v) is 7.78. The van der Waals surface area contributed by atoms with Crippen molar-refractivity contribution in [2.45, 2.75) is 20.0 Å². The lowest BCUT2D eigenvalue weighted by Crippen LogP contribution is -2.42. The van der Waals surface area contributed by atoms with Crippen molar-refractivity contribution < 1.29 is 5.11 Å². The number of rotatable bonds is 4. The van der Waals surface area contributed by atoms with Crippen molar-refractivity contribution in [2.75, 3.05) is 31.1 Å². The second-order valence-electron chi connectivity index (χ2n) is 5.69. The Morgan fingerprint density at radius 3 is 2.44 bits per heavy atom. The molecule has 100 valence electrons. The van der Waals surface area contributed by atoms with Crippen molar-refractivity contribution in [3.8, 4) is 0 Å². The highest BCUT2D eigenvalue weighted by Gasteiger charge is 2.31. The summed E-state index contributed by atoms with van der Waals surface area (Å²) in [6.45, 7) is 7.58. The zero-order chi connectivity index (χ0) is 13.0. The van der Waals surface area contributed by atoms with E-state index in [-0.39, 0.29) is 5.41 Å². The summed E-state index contributed by atoms with van der Waals surface area (Å²) in [6.07, 6.45) is -0.395. The number of benzene rings is 1. The minimum atomic E-state index is -0.395. The summed E-state index contributed by atoms with van der Waals surface area (Å²) in [5.74, 6) is 2.44. The van der Waals surface area contributed by atoms with Crippen molar-refractivity contribution in [1.29, 1.82) is 0 Å². The average Bonchev–Trinajstić information content (AvgIpc) is 2.39. The van der Waals surface area contributed by atoms with Crippen molar-refractivity contribution in [1.82, 2.24) is 4.90 Å². The van der Waals surface area contributed by atoms with Crippen LogP contribution >= 0.6 is 11.8 Å². The first-order chi connectivity index (χ1) is 8.59. The summed E-state index contributed by atoms with van der Waals surface area (Å²) in [5, 5.41) is 10.5. The van der Waals surface area contributed by atoms with Crippen molar-refractivity contribution >= 4 is 11.8 Å². The van der Waals surface area contributed by atoms with Crippen LogP contribution in [0.25, 0.3) is 0 Å². The van der Waals surface area contributed by atoms with Gasteiger partial charge in [0.2, 0.25) is 0 Å². The Balaban J connectivity index is 2.00. The van der Waals surface area contributed by atoms with Gasteiger partial charge in [0.1, 0.15) is 0 Å². The van der Waals surface area contributed by atoms with E-state index in [0.29, 0.717) is 0 Å². The van der Waals surface area contributed by atoms with Crippen molar-refractivity contribution in [3.05, 3.63) is 35.9 Å². The number of nitrogens with zero attached hydrogens (tertiary/aromatic N) is 1. The van der Waals surface area contributed by atoms with E-state index in [1.807, 2.05) is 42.1 Å². The molecule has 0 radical (unpaired) electrons. The lowest BCUT2D eigenvalue weighted by molar-refractivity contribution is 0.0224. The SMILES string of the molecule is CC(C)(CN1CCSCC1)C(O)c1ccccc1. The fourth-order valence-corrected chi connectivity index (χ4v) is 3.49. The summed E-state index contributed by atoms with van der Waals surface area (Å²) in [4.78, 5) is 2.47. The smallest absolute Gasteiger partial charge is 0.0853 e. The molecule has 1 aliphatic heterocycles. The van der Waals surface area contributed by atoms with Gasteiger partial charge < -0.3 is 10.0 Å². The minimum absolute atomic E-state index is 0.108. The van der Waals surface area contributed by atoms with Crippen LogP contribution in [0.1, 0.15) is 25.5 Å². The molecule has 18 heavy (non-hydrogen) atoms. The van der Waals surface area contributed by atoms with Gasteiger partial charge in [-0.1, -0.05) is 44.2 Å². The van der Waals surface area contributed by atoms with Gasteiger partial charge in [-0.25, -0.2) is 0 Å². The molecule has 1 aromatic rings. The van der Waals surface area contributed by atoms with Crippen LogP contribution in [0.3, 0.4) is 0 Å². The third kappa shape index (κ3) is 3.50. The van der Waals surface area contributed by atoms with Gasteiger partial charge in [-0.3, -0.25) is 0 Å². The van der Waals surface area contributed by atoms with Gasteiger partial charge in [0.15, 0.2) is 0 Å². The number of hydrogen-bond donors (Lipinski definition) is 1.